The molecule has 0 spiro atoms. The zero-order chi connectivity index (χ0) is 25.8. The lowest BCUT2D eigenvalue weighted by atomic mass is 9.98. The fourth-order valence-corrected chi connectivity index (χ4v) is 4.03. The van der Waals surface area contributed by atoms with Crippen molar-refractivity contribution < 1.29 is 33.3 Å². The highest BCUT2D eigenvalue weighted by atomic mass is 79.9. The maximum absolute atomic E-state index is 12.2. The third-order valence-corrected chi connectivity index (χ3v) is 6.06. The lowest BCUT2D eigenvalue weighted by Gasteiger charge is -2.14. The van der Waals surface area contributed by atoms with E-state index in [1.165, 1.54) is 22.3 Å². The maximum Gasteiger partial charge on any atom is 0.322 e. The van der Waals surface area contributed by atoms with Crippen molar-refractivity contribution in [1.82, 2.24) is 0 Å². The Bertz CT molecular complexity index is 940. The van der Waals surface area contributed by atoms with Crippen LogP contribution >= 0.6 is 15.9 Å². The third-order valence-electron chi connectivity index (χ3n) is 5.73. The van der Waals surface area contributed by atoms with Crippen LogP contribution < -0.4 is 0 Å². The van der Waals surface area contributed by atoms with Crippen LogP contribution in [0.25, 0.3) is 11.1 Å². The molecular weight excluding hydrogens is 528 g/mol. The van der Waals surface area contributed by atoms with E-state index in [-0.39, 0.29) is 24.5 Å². The summed E-state index contributed by atoms with van der Waals surface area (Å²) in [5, 5.41) is 0. The molecule has 0 aromatic heterocycles. The second-order valence-corrected chi connectivity index (χ2v) is 10.9. The first-order valence-corrected chi connectivity index (χ1v) is 13.1. The Hall–Kier alpha value is -2.26. The number of carbonyl (C=O) groups is 2. The molecule has 0 amide bonds. The summed E-state index contributed by atoms with van der Waals surface area (Å²) >= 11 is 3.24. The Labute approximate surface area is 221 Å². The molecule has 0 N–H and O–H groups in total. The average Bonchev–Trinajstić information content (AvgIpc) is 3.18. The number of alkyl halides is 1. The van der Waals surface area contributed by atoms with Gasteiger partial charge in [0.2, 0.25) is 0 Å². The van der Waals surface area contributed by atoms with Crippen LogP contribution in [0.5, 0.6) is 0 Å². The molecule has 0 fully saturated rings. The SMILES string of the molecule is CC(C)(Br)C(=O)OCCOCCOCCOCCCC(=O)OCC1c2ccccc2-c2ccccc21. The van der Waals surface area contributed by atoms with E-state index in [2.05, 4.69) is 40.2 Å². The molecule has 7 nitrogen and oxygen atoms in total. The molecule has 2 aromatic rings. The van der Waals surface area contributed by atoms with Gasteiger partial charge in [0, 0.05) is 18.9 Å². The van der Waals surface area contributed by atoms with Crippen molar-refractivity contribution in [3.63, 3.8) is 0 Å². The van der Waals surface area contributed by atoms with Gasteiger partial charge in [0.15, 0.2) is 0 Å². The normalized spacial score (nSPS) is 12.8. The highest BCUT2D eigenvalue weighted by molar-refractivity contribution is 9.10. The molecule has 36 heavy (non-hydrogen) atoms. The monoisotopic (exact) mass is 562 g/mol. The molecule has 0 heterocycles. The molecule has 1 aliphatic rings. The molecule has 0 atom stereocenters. The summed E-state index contributed by atoms with van der Waals surface area (Å²) in [4.78, 5) is 23.8. The Morgan fingerprint density at radius 2 is 1.25 bits per heavy atom. The van der Waals surface area contributed by atoms with Crippen LogP contribution in [0.15, 0.2) is 48.5 Å². The molecule has 8 heteroatoms. The average molecular weight is 563 g/mol. The number of ether oxygens (including phenoxy) is 5. The van der Waals surface area contributed by atoms with Crippen molar-refractivity contribution in [2.24, 2.45) is 0 Å². The highest BCUT2D eigenvalue weighted by Gasteiger charge is 2.29. The molecule has 0 aliphatic heterocycles. The van der Waals surface area contributed by atoms with E-state index in [0.29, 0.717) is 59.1 Å². The van der Waals surface area contributed by atoms with E-state index >= 15 is 0 Å². The number of fused-ring (bicyclic) bond motifs is 3. The molecule has 0 radical (unpaired) electrons. The van der Waals surface area contributed by atoms with Crippen molar-refractivity contribution in [2.75, 3.05) is 52.9 Å². The van der Waals surface area contributed by atoms with E-state index in [0.717, 1.165) is 0 Å². The third kappa shape index (κ3) is 8.69. The Balaban J connectivity index is 1.17. The van der Waals surface area contributed by atoms with Crippen LogP contribution in [0.3, 0.4) is 0 Å². The van der Waals surface area contributed by atoms with Crippen molar-refractivity contribution in [1.29, 1.82) is 0 Å². The van der Waals surface area contributed by atoms with Gasteiger partial charge in [-0.3, -0.25) is 9.59 Å². The van der Waals surface area contributed by atoms with Crippen LogP contribution in [-0.2, 0) is 33.3 Å². The number of carbonyl (C=O) groups excluding carboxylic acids is 2. The van der Waals surface area contributed by atoms with Gasteiger partial charge in [0.05, 0.1) is 33.0 Å². The molecule has 0 unspecified atom stereocenters. The van der Waals surface area contributed by atoms with Gasteiger partial charge in [-0.2, -0.15) is 0 Å². The summed E-state index contributed by atoms with van der Waals surface area (Å²) in [6, 6.07) is 16.6. The summed E-state index contributed by atoms with van der Waals surface area (Å²) in [5.74, 6) is -0.451. The van der Waals surface area contributed by atoms with E-state index in [9.17, 15) is 9.59 Å². The number of esters is 2. The van der Waals surface area contributed by atoms with Gasteiger partial charge in [0.1, 0.15) is 17.5 Å². The topological polar surface area (TPSA) is 80.3 Å². The first-order valence-electron chi connectivity index (χ1n) is 12.3. The molecule has 196 valence electrons. The minimum Gasteiger partial charge on any atom is -0.465 e. The minimum atomic E-state index is -0.689. The van der Waals surface area contributed by atoms with Gasteiger partial charge in [-0.15, -0.1) is 0 Å². The number of rotatable bonds is 16. The molecule has 2 aromatic carbocycles. The van der Waals surface area contributed by atoms with Gasteiger partial charge in [0.25, 0.3) is 0 Å². The van der Waals surface area contributed by atoms with Gasteiger partial charge in [-0.05, 0) is 42.5 Å². The number of hydrogen-bond donors (Lipinski definition) is 0. The first-order chi connectivity index (χ1) is 17.4. The van der Waals surface area contributed by atoms with Crippen molar-refractivity contribution in [2.45, 2.75) is 36.9 Å². The van der Waals surface area contributed by atoms with Gasteiger partial charge < -0.3 is 23.7 Å². The summed E-state index contributed by atoms with van der Waals surface area (Å²) in [6.45, 7) is 6.55. The number of halogens is 1. The highest BCUT2D eigenvalue weighted by Crippen LogP contribution is 2.44. The standard InChI is InChI=1S/C28H35BrO7/c1-28(2,29)27(31)35-19-18-34-17-16-33-15-14-32-13-7-12-26(30)36-20-25-23-10-5-3-8-21(23)22-9-4-6-11-24(22)25/h3-6,8-11,25H,7,12-20H2,1-2H3. The van der Waals surface area contributed by atoms with Crippen molar-refractivity contribution in [3.8, 4) is 11.1 Å². The zero-order valence-corrected chi connectivity index (χ0v) is 22.6. The maximum atomic E-state index is 12.2. The van der Waals surface area contributed by atoms with Gasteiger partial charge >= 0.3 is 11.9 Å². The van der Waals surface area contributed by atoms with E-state index in [4.69, 9.17) is 23.7 Å². The van der Waals surface area contributed by atoms with Gasteiger partial charge in [-0.25, -0.2) is 0 Å². The van der Waals surface area contributed by atoms with Crippen LogP contribution in [-0.4, -0.2) is 69.1 Å². The van der Waals surface area contributed by atoms with Crippen LogP contribution in [0.1, 0.15) is 43.7 Å². The summed E-state index contributed by atoms with van der Waals surface area (Å²) in [5.41, 5.74) is 4.86. The van der Waals surface area contributed by atoms with E-state index < -0.39 is 4.32 Å². The molecule has 0 bridgehead atoms. The smallest absolute Gasteiger partial charge is 0.322 e. The molecular formula is C28H35BrO7. The summed E-state index contributed by atoms with van der Waals surface area (Å²) in [6.07, 6.45) is 0.922. The van der Waals surface area contributed by atoms with E-state index in [1.54, 1.807) is 13.8 Å². The fraction of sp³-hybridized carbons (Fsp3) is 0.500. The Morgan fingerprint density at radius 1 is 0.750 bits per heavy atom. The quantitative estimate of drug-likeness (QED) is 0.164. The lowest BCUT2D eigenvalue weighted by Crippen LogP contribution is -2.27. The van der Waals surface area contributed by atoms with Crippen molar-refractivity contribution in [3.05, 3.63) is 59.7 Å². The number of benzene rings is 2. The van der Waals surface area contributed by atoms with Crippen LogP contribution in [0.4, 0.5) is 0 Å². The fourth-order valence-electron chi connectivity index (χ4n) is 3.91. The second kappa shape index (κ2) is 14.5. The predicted molar refractivity (Wildman–Crippen MR) is 140 cm³/mol. The molecule has 0 saturated heterocycles. The molecule has 3 rings (SSSR count). The summed E-state index contributed by atoms with van der Waals surface area (Å²) in [7, 11) is 0. The van der Waals surface area contributed by atoms with Crippen molar-refractivity contribution >= 4 is 27.9 Å². The van der Waals surface area contributed by atoms with Gasteiger partial charge in [-0.1, -0.05) is 64.5 Å². The zero-order valence-electron chi connectivity index (χ0n) is 21.0. The predicted octanol–water partition coefficient (Wildman–Crippen LogP) is 4.89. The molecule has 1 aliphatic carbocycles. The summed E-state index contributed by atoms with van der Waals surface area (Å²) < 4.78 is 26.3. The van der Waals surface area contributed by atoms with Crippen LogP contribution in [0, 0.1) is 0 Å². The van der Waals surface area contributed by atoms with Crippen LogP contribution in [0.2, 0.25) is 0 Å². The Kier molecular flexibility index (Phi) is 11.4. The minimum absolute atomic E-state index is 0.0789. The first kappa shape index (κ1) is 28.3. The largest absolute Gasteiger partial charge is 0.465 e. The second-order valence-electron chi connectivity index (χ2n) is 8.96. The molecule has 0 saturated carbocycles. The Morgan fingerprint density at radius 3 is 1.81 bits per heavy atom. The lowest BCUT2D eigenvalue weighted by molar-refractivity contribution is -0.147. The number of hydrogen-bond acceptors (Lipinski definition) is 7. The van der Waals surface area contributed by atoms with E-state index in [1.807, 2.05) is 24.3 Å².